The SMILES string of the molecule is CCc1ccccc1NC(=O)CN(C)C(=O)CC(NC(C)=O)c1ccc(C)cc1. The summed E-state index contributed by atoms with van der Waals surface area (Å²) in [4.78, 5) is 38.0. The van der Waals surface area contributed by atoms with E-state index in [9.17, 15) is 14.4 Å². The van der Waals surface area contributed by atoms with Crippen molar-refractivity contribution in [1.82, 2.24) is 10.2 Å². The Morgan fingerprint density at radius 1 is 1.03 bits per heavy atom. The van der Waals surface area contributed by atoms with Gasteiger partial charge in [0.25, 0.3) is 0 Å². The maximum absolute atomic E-state index is 12.7. The Morgan fingerprint density at radius 3 is 2.31 bits per heavy atom. The molecular weight excluding hydrogens is 366 g/mol. The second-order valence-corrected chi connectivity index (χ2v) is 7.18. The fourth-order valence-electron chi connectivity index (χ4n) is 3.07. The number of aryl methyl sites for hydroxylation is 2. The summed E-state index contributed by atoms with van der Waals surface area (Å²) in [6.07, 6.45) is 0.887. The van der Waals surface area contributed by atoms with E-state index in [1.807, 2.05) is 62.4 Å². The van der Waals surface area contributed by atoms with Gasteiger partial charge in [0.05, 0.1) is 19.0 Å². The summed E-state index contributed by atoms with van der Waals surface area (Å²) < 4.78 is 0. The molecule has 0 heterocycles. The fourth-order valence-corrected chi connectivity index (χ4v) is 3.07. The molecule has 3 amide bonds. The lowest BCUT2D eigenvalue weighted by molar-refractivity contribution is -0.134. The molecule has 0 aromatic heterocycles. The Morgan fingerprint density at radius 2 is 1.69 bits per heavy atom. The first kappa shape index (κ1) is 22.1. The number of anilines is 1. The number of para-hydroxylation sites is 1. The van der Waals surface area contributed by atoms with E-state index in [-0.39, 0.29) is 30.7 Å². The average molecular weight is 396 g/mol. The van der Waals surface area contributed by atoms with Crippen LogP contribution in [0.5, 0.6) is 0 Å². The number of nitrogens with one attached hydrogen (secondary N) is 2. The summed E-state index contributed by atoms with van der Waals surface area (Å²) in [6.45, 7) is 5.37. The molecule has 0 fully saturated rings. The monoisotopic (exact) mass is 395 g/mol. The van der Waals surface area contributed by atoms with E-state index in [4.69, 9.17) is 0 Å². The Hall–Kier alpha value is -3.15. The molecule has 2 N–H and O–H groups in total. The number of rotatable bonds is 8. The van der Waals surface area contributed by atoms with Gasteiger partial charge in [0, 0.05) is 19.7 Å². The third-order valence-electron chi connectivity index (χ3n) is 4.71. The molecule has 0 aliphatic rings. The van der Waals surface area contributed by atoms with Gasteiger partial charge in [0.15, 0.2) is 0 Å². The minimum atomic E-state index is -0.438. The molecule has 0 saturated carbocycles. The molecule has 0 bridgehead atoms. The van der Waals surface area contributed by atoms with Gasteiger partial charge in [-0.3, -0.25) is 14.4 Å². The summed E-state index contributed by atoms with van der Waals surface area (Å²) in [5.74, 6) is -0.684. The number of hydrogen-bond acceptors (Lipinski definition) is 3. The molecule has 2 aromatic rings. The number of amides is 3. The van der Waals surface area contributed by atoms with Crippen molar-refractivity contribution < 1.29 is 14.4 Å². The quantitative estimate of drug-likeness (QED) is 0.720. The minimum Gasteiger partial charge on any atom is -0.349 e. The van der Waals surface area contributed by atoms with Gasteiger partial charge in [0.1, 0.15) is 0 Å². The van der Waals surface area contributed by atoms with Crippen molar-refractivity contribution >= 4 is 23.4 Å². The summed E-state index contributed by atoms with van der Waals surface area (Å²) in [6, 6.07) is 14.9. The van der Waals surface area contributed by atoms with Crippen molar-refractivity contribution in [2.24, 2.45) is 0 Å². The number of nitrogens with zero attached hydrogens (tertiary/aromatic N) is 1. The maximum atomic E-state index is 12.7. The fraction of sp³-hybridized carbons (Fsp3) is 0.348. The first-order valence-electron chi connectivity index (χ1n) is 9.75. The van der Waals surface area contributed by atoms with Crippen molar-refractivity contribution in [3.05, 3.63) is 65.2 Å². The number of carbonyl (C=O) groups excluding carboxylic acids is 3. The lowest BCUT2D eigenvalue weighted by Gasteiger charge is -2.22. The van der Waals surface area contributed by atoms with E-state index < -0.39 is 6.04 Å². The third kappa shape index (κ3) is 6.75. The van der Waals surface area contributed by atoms with Crippen molar-refractivity contribution in [2.75, 3.05) is 18.9 Å². The number of likely N-dealkylation sites (N-methyl/N-ethyl adjacent to an activating group) is 1. The molecule has 1 atom stereocenters. The molecule has 2 aromatic carbocycles. The van der Waals surface area contributed by atoms with Gasteiger partial charge in [-0.05, 0) is 30.5 Å². The maximum Gasteiger partial charge on any atom is 0.243 e. The molecule has 6 heteroatoms. The van der Waals surface area contributed by atoms with Gasteiger partial charge >= 0.3 is 0 Å². The van der Waals surface area contributed by atoms with Crippen LogP contribution >= 0.6 is 0 Å². The van der Waals surface area contributed by atoms with Gasteiger partial charge in [-0.1, -0.05) is 55.0 Å². The van der Waals surface area contributed by atoms with E-state index in [0.29, 0.717) is 0 Å². The van der Waals surface area contributed by atoms with Crippen molar-refractivity contribution in [3.63, 3.8) is 0 Å². The van der Waals surface area contributed by atoms with Crippen molar-refractivity contribution in [3.8, 4) is 0 Å². The van der Waals surface area contributed by atoms with E-state index in [0.717, 1.165) is 28.8 Å². The predicted octanol–water partition coefficient (Wildman–Crippen LogP) is 3.22. The van der Waals surface area contributed by atoms with Gasteiger partial charge in [-0.15, -0.1) is 0 Å². The van der Waals surface area contributed by atoms with Crippen LogP contribution in [0, 0.1) is 6.92 Å². The lowest BCUT2D eigenvalue weighted by atomic mass is 10.0. The van der Waals surface area contributed by atoms with Crippen LogP contribution < -0.4 is 10.6 Å². The minimum absolute atomic E-state index is 0.0580. The average Bonchev–Trinajstić information content (AvgIpc) is 2.68. The summed E-state index contributed by atoms with van der Waals surface area (Å²) in [5.41, 5.74) is 3.76. The normalized spacial score (nSPS) is 11.4. The molecule has 0 aliphatic heterocycles. The summed E-state index contributed by atoms with van der Waals surface area (Å²) in [5, 5.41) is 5.69. The highest BCUT2D eigenvalue weighted by Gasteiger charge is 2.21. The number of hydrogen-bond donors (Lipinski definition) is 2. The molecule has 0 spiro atoms. The highest BCUT2D eigenvalue weighted by atomic mass is 16.2. The largest absolute Gasteiger partial charge is 0.349 e. The number of benzene rings is 2. The summed E-state index contributed by atoms with van der Waals surface area (Å²) in [7, 11) is 1.59. The molecule has 2 rings (SSSR count). The van der Waals surface area contributed by atoms with Crippen LogP contribution in [0.1, 0.15) is 43.0 Å². The van der Waals surface area contributed by atoms with Crippen LogP contribution in [0.2, 0.25) is 0 Å². The van der Waals surface area contributed by atoms with Crippen molar-refractivity contribution in [2.45, 2.75) is 39.7 Å². The topological polar surface area (TPSA) is 78.5 Å². The predicted molar refractivity (Wildman–Crippen MR) is 114 cm³/mol. The smallest absolute Gasteiger partial charge is 0.243 e. The standard InChI is InChI=1S/C23H29N3O3/c1-5-18-8-6-7-9-20(18)25-22(28)15-26(4)23(29)14-21(24-17(3)27)19-12-10-16(2)11-13-19/h6-13,21H,5,14-15H2,1-4H3,(H,24,27)(H,25,28). The second-order valence-electron chi connectivity index (χ2n) is 7.18. The Balaban J connectivity index is 2.00. The Labute approximate surface area is 172 Å². The van der Waals surface area contributed by atoms with Gasteiger partial charge in [-0.25, -0.2) is 0 Å². The summed E-state index contributed by atoms with van der Waals surface area (Å²) >= 11 is 0. The number of carbonyl (C=O) groups is 3. The van der Waals surface area contributed by atoms with E-state index in [1.165, 1.54) is 11.8 Å². The Bertz CT molecular complexity index is 862. The van der Waals surface area contributed by atoms with Crippen LogP contribution in [-0.2, 0) is 20.8 Å². The van der Waals surface area contributed by atoms with Crippen LogP contribution in [0.15, 0.2) is 48.5 Å². The van der Waals surface area contributed by atoms with Gasteiger partial charge < -0.3 is 15.5 Å². The Kier molecular flexibility index (Phi) is 7.95. The second kappa shape index (κ2) is 10.4. The first-order valence-corrected chi connectivity index (χ1v) is 9.75. The zero-order valence-corrected chi connectivity index (χ0v) is 17.5. The van der Waals surface area contributed by atoms with Gasteiger partial charge in [0.2, 0.25) is 17.7 Å². The molecule has 1 unspecified atom stereocenters. The highest BCUT2D eigenvalue weighted by Crippen LogP contribution is 2.19. The van der Waals surface area contributed by atoms with Crippen LogP contribution in [0.3, 0.4) is 0 Å². The zero-order chi connectivity index (χ0) is 21.4. The molecule has 154 valence electrons. The van der Waals surface area contributed by atoms with Crippen molar-refractivity contribution in [1.29, 1.82) is 0 Å². The molecule has 0 radical (unpaired) electrons. The van der Waals surface area contributed by atoms with E-state index >= 15 is 0 Å². The molecule has 29 heavy (non-hydrogen) atoms. The van der Waals surface area contributed by atoms with Crippen LogP contribution in [-0.4, -0.2) is 36.2 Å². The highest BCUT2D eigenvalue weighted by molar-refractivity contribution is 5.95. The third-order valence-corrected chi connectivity index (χ3v) is 4.71. The van der Waals surface area contributed by atoms with E-state index in [1.54, 1.807) is 7.05 Å². The van der Waals surface area contributed by atoms with Crippen LogP contribution in [0.25, 0.3) is 0 Å². The van der Waals surface area contributed by atoms with E-state index in [2.05, 4.69) is 10.6 Å². The van der Waals surface area contributed by atoms with Crippen LogP contribution in [0.4, 0.5) is 5.69 Å². The molecule has 6 nitrogen and oxygen atoms in total. The molecular formula is C23H29N3O3. The first-order chi connectivity index (χ1) is 13.8. The lowest BCUT2D eigenvalue weighted by Crippen LogP contribution is -2.38. The molecule has 0 aliphatic carbocycles. The molecule has 0 saturated heterocycles. The van der Waals surface area contributed by atoms with Gasteiger partial charge in [-0.2, -0.15) is 0 Å². The zero-order valence-electron chi connectivity index (χ0n) is 17.5.